The first kappa shape index (κ1) is 9.15. The summed E-state index contributed by atoms with van der Waals surface area (Å²) in [6.07, 6.45) is 2.04. The Balaban J connectivity index is 0.000000371. The Bertz CT molecular complexity index is 161. The lowest BCUT2D eigenvalue weighted by Gasteiger charge is -1.87. The highest BCUT2D eigenvalue weighted by Crippen LogP contribution is 1.83. The van der Waals surface area contributed by atoms with Gasteiger partial charge in [0, 0.05) is 19.1 Å². The Labute approximate surface area is 63.3 Å². The Hall–Kier alpha value is -0.850. The highest BCUT2D eigenvalue weighted by Gasteiger charge is 1.91. The summed E-state index contributed by atoms with van der Waals surface area (Å²) in [7, 11) is 2.04. The lowest BCUT2D eigenvalue weighted by molar-refractivity contribution is -0.677. The molecule has 0 bridgehead atoms. The fraction of sp³-hybridized carbons (Fsp3) is 0.444. The van der Waals surface area contributed by atoms with E-state index in [2.05, 4.69) is 17.6 Å². The molecule has 0 unspecified atom stereocenters. The standard InChI is InChI=1S/C7H10N.C2H6/c1-7-5-3-4-6-8(7)2;1-2/h3-6H,1-2H3;1-2H3/q+1;. The SMILES string of the molecule is CC.Cc1cccc[n+]1C. The maximum absolute atomic E-state index is 2.08. The lowest BCUT2D eigenvalue weighted by Crippen LogP contribution is -2.30. The maximum Gasteiger partial charge on any atom is 0.177 e. The monoisotopic (exact) mass is 138 g/mol. The molecule has 1 aromatic heterocycles. The second-order valence-electron chi connectivity index (χ2n) is 1.95. The van der Waals surface area contributed by atoms with Crippen LogP contribution in [0.15, 0.2) is 24.4 Å². The van der Waals surface area contributed by atoms with Crippen LogP contribution in [0.25, 0.3) is 0 Å². The largest absolute Gasteiger partial charge is 0.205 e. The van der Waals surface area contributed by atoms with E-state index in [1.807, 2.05) is 39.2 Å². The molecule has 1 heteroatoms. The van der Waals surface area contributed by atoms with Crippen molar-refractivity contribution >= 4 is 0 Å². The van der Waals surface area contributed by atoms with E-state index in [4.69, 9.17) is 0 Å². The van der Waals surface area contributed by atoms with Gasteiger partial charge in [0.05, 0.1) is 0 Å². The zero-order valence-electron chi connectivity index (χ0n) is 7.26. The predicted molar refractivity (Wildman–Crippen MR) is 43.7 cm³/mol. The highest BCUT2D eigenvalue weighted by molar-refractivity contribution is 4.93. The summed E-state index contributed by atoms with van der Waals surface area (Å²) in [5.74, 6) is 0. The molecule has 10 heavy (non-hydrogen) atoms. The van der Waals surface area contributed by atoms with E-state index < -0.39 is 0 Å². The van der Waals surface area contributed by atoms with Gasteiger partial charge in [0.2, 0.25) is 0 Å². The smallest absolute Gasteiger partial charge is 0.177 e. The Morgan fingerprint density at radius 3 is 2.10 bits per heavy atom. The van der Waals surface area contributed by atoms with Crippen molar-refractivity contribution in [2.75, 3.05) is 0 Å². The zero-order chi connectivity index (χ0) is 7.98. The maximum atomic E-state index is 2.08. The fourth-order valence-electron chi connectivity index (χ4n) is 0.609. The van der Waals surface area contributed by atoms with Crippen LogP contribution >= 0.6 is 0 Å². The minimum atomic E-state index is 1.28. The Kier molecular flexibility index (Phi) is 4.55. The van der Waals surface area contributed by atoms with Crippen molar-refractivity contribution in [1.82, 2.24) is 0 Å². The molecule has 0 aromatic carbocycles. The second-order valence-corrected chi connectivity index (χ2v) is 1.95. The van der Waals surface area contributed by atoms with Crippen molar-refractivity contribution in [3.63, 3.8) is 0 Å². The van der Waals surface area contributed by atoms with Crippen molar-refractivity contribution in [3.8, 4) is 0 Å². The van der Waals surface area contributed by atoms with Gasteiger partial charge in [-0.25, -0.2) is 4.57 Å². The summed E-state index contributed by atoms with van der Waals surface area (Å²) < 4.78 is 2.08. The lowest BCUT2D eigenvalue weighted by atomic mass is 10.4. The minimum absolute atomic E-state index is 1.28. The molecule has 1 aromatic rings. The first-order valence-electron chi connectivity index (χ1n) is 3.72. The average Bonchev–Trinajstić information content (AvgIpc) is 2.00. The third-order valence-electron chi connectivity index (χ3n) is 1.31. The van der Waals surface area contributed by atoms with Crippen LogP contribution in [0.2, 0.25) is 0 Å². The summed E-state index contributed by atoms with van der Waals surface area (Å²) in [5.41, 5.74) is 1.28. The van der Waals surface area contributed by atoms with Gasteiger partial charge < -0.3 is 0 Å². The van der Waals surface area contributed by atoms with E-state index in [1.54, 1.807) is 0 Å². The third kappa shape index (κ3) is 2.62. The molecule has 1 rings (SSSR count). The molecule has 0 amide bonds. The number of nitrogens with zero attached hydrogens (tertiary/aromatic N) is 1. The highest BCUT2D eigenvalue weighted by atomic mass is 14.9. The Morgan fingerprint density at radius 2 is 1.80 bits per heavy atom. The topological polar surface area (TPSA) is 3.88 Å². The molecule has 0 radical (unpaired) electrons. The molecule has 0 saturated heterocycles. The molecule has 1 heterocycles. The summed E-state index contributed by atoms with van der Waals surface area (Å²) >= 11 is 0. The number of hydrogen-bond donors (Lipinski definition) is 0. The van der Waals surface area contributed by atoms with Gasteiger partial charge in [-0.05, 0) is 0 Å². The van der Waals surface area contributed by atoms with Gasteiger partial charge in [0.15, 0.2) is 11.9 Å². The molecule has 0 N–H and O–H groups in total. The van der Waals surface area contributed by atoms with Crippen molar-refractivity contribution in [2.24, 2.45) is 7.05 Å². The van der Waals surface area contributed by atoms with Gasteiger partial charge in [-0.2, -0.15) is 0 Å². The normalized spacial score (nSPS) is 8.00. The molecule has 0 spiro atoms. The molecule has 0 aliphatic carbocycles. The van der Waals surface area contributed by atoms with Gasteiger partial charge in [0.1, 0.15) is 7.05 Å². The van der Waals surface area contributed by atoms with Gasteiger partial charge >= 0.3 is 0 Å². The van der Waals surface area contributed by atoms with Crippen LogP contribution in [-0.4, -0.2) is 0 Å². The zero-order valence-corrected chi connectivity index (χ0v) is 7.26. The fourth-order valence-corrected chi connectivity index (χ4v) is 0.609. The molecule has 56 valence electrons. The summed E-state index contributed by atoms with van der Waals surface area (Å²) in [6, 6.07) is 6.14. The van der Waals surface area contributed by atoms with Gasteiger partial charge in [-0.1, -0.05) is 19.9 Å². The molecule has 1 nitrogen and oxygen atoms in total. The molecule has 0 saturated carbocycles. The molecule has 0 fully saturated rings. The summed E-state index contributed by atoms with van der Waals surface area (Å²) in [6.45, 7) is 6.08. The number of aromatic nitrogens is 1. The van der Waals surface area contributed by atoms with Gasteiger partial charge in [0.25, 0.3) is 0 Å². The van der Waals surface area contributed by atoms with Crippen LogP contribution in [0.3, 0.4) is 0 Å². The summed E-state index contributed by atoms with van der Waals surface area (Å²) in [4.78, 5) is 0. The van der Waals surface area contributed by atoms with Crippen molar-refractivity contribution < 1.29 is 4.57 Å². The van der Waals surface area contributed by atoms with Crippen LogP contribution in [0.5, 0.6) is 0 Å². The molecule has 0 aliphatic heterocycles. The number of hydrogen-bond acceptors (Lipinski definition) is 0. The first-order valence-corrected chi connectivity index (χ1v) is 3.72. The molecule has 0 atom stereocenters. The van der Waals surface area contributed by atoms with Crippen LogP contribution in [0.4, 0.5) is 0 Å². The van der Waals surface area contributed by atoms with Gasteiger partial charge in [-0.3, -0.25) is 0 Å². The number of aryl methyl sites for hydroxylation is 2. The molecular formula is C9H16N+. The van der Waals surface area contributed by atoms with E-state index >= 15 is 0 Å². The molecule has 0 aliphatic rings. The second kappa shape index (κ2) is 4.98. The Morgan fingerprint density at radius 1 is 1.20 bits per heavy atom. The average molecular weight is 138 g/mol. The van der Waals surface area contributed by atoms with E-state index in [1.165, 1.54) is 5.69 Å². The number of rotatable bonds is 0. The van der Waals surface area contributed by atoms with Crippen LogP contribution in [-0.2, 0) is 7.05 Å². The van der Waals surface area contributed by atoms with E-state index in [0.717, 1.165) is 0 Å². The van der Waals surface area contributed by atoms with Crippen LogP contribution < -0.4 is 4.57 Å². The third-order valence-corrected chi connectivity index (χ3v) is 1.31. The van der Waals surface area contributed by atoms with E-state index in [9.17, 15) is 0 Å². The van der Waals surface area contributed by atoms with E-state index in [0.29, 0.717) is 0 Å². The minimum Gasteiger partial charge on any atom is -0.205 e. The van der Waals surface area contributed by atoms with Crippen LogP contribution in [0, 0.1) is 6.92 Å². The van der Waals surface area contributed by atoms with E-state index in [-0.39, 0.29) is 0 Å². The van der Waals surface area contributed by atoms with Crippen molar-refractivity contribution in [1.29, 1.82) is 0 Å². The molecular weight excluding hydrogens is 122 g/mol. The first-order chi connectivity index (χ1) is 4.80. The summed E-state index contributed by atoms with van der Waals surface area (Å²) in [5, 5.41) is 0. The van der Waals surface area contributed by atoms with Crippen molar-refractivity contribution in [3.05, 3.63) is 30.1 Å². The predicted octanol–water partition coefficient (Wildman–Crippen LogP) is 1.85. The quantitative estimate of drug-likeness (QED) is 0.482. The van der Waals surface area contributed by atoms with Gasteiger partial charge in [-0.15, -0.1) is 0 Å². The number of pyridine rings is 1. The van der Waals surface area contributed by atoms with Crippen molar-refractivity contribution in [2.45, 2.75) is 20.8 Å². The van der Waals surface area contributed by atoms with Crippen LogP contribution in [0.1, 0.15) is 19.5 Å².